The first kappa shape index (κ1) is 22.0. The predicted octanol–water partition coefficient (Wildman–Crippen LogP) is 5.56. The number of aromatic nitrogens is 3. The van der Waals surface area contributed by atoms with Gasteiger partial charge in [0.05, 0.1) is 11.5 Å². The molecule has 166 valence electrons. The maximum atomic E-state index is 7.42. The van der Waals surface area contributed by atoms with Crippen LogP contribution in [-0.2, 0) is 6.42 Å². The summed E-state index contributed by atoms with van der Waals surface area (Å²) in [5, 5.41) is 10.7. The van der Waals surface area contributed by atoms with Gasteiger partial charge in [0.2, 0.25) is 0 Å². The first-order chi connectivity index (χ1) is 16.0. The third-order valence-corrected chi connectivity index (χ3v) is 5.07. The third-order valence-electron chi connectivity index (χ3n) is 5.07. The minimum atomic E-state index is 0.186. The molecule has 4 N–H and O–H groups in total. The number of ether oxygens (including phenoxy) is 1. The van der Waals surface area contributed by atoms with Gasteiger partial charge in [-0.15, -0.1) is 0 Å². The number of hydrogen-bond donors (Lipinski definition) is 3. The number of anilines is 2. The van der Waals surface area contributed by atoms with Gasteiger partial charge >= 0.3 is 0 Å². The van der Waals surface area contributed by atoms with E-state index in [0.29, 0.717) is 29.4 Å². The minimum Gasteiger partial charge on any atom is -0.455 e. The van der Waals surface area contributed by atoms with Crippen molar-refractivity contribution in [2.45, 2.75) is 26.7 Å². The lowest BCUT2D eigenvalue weighted by Gasteiger charge is -2.13. The topological polar surface area (TPSA) is 110 Å². The van der Waals surface area contributed by atoms with Gasteiger partial charge in [-0.05, 0) is 67.8 Å². The summed E-state index contributed by atoms with van der Waals surface area (Å²) in [5.41, 5.74) is 10.9. The Balaban J connectivity index is 1.56. The SMILES string of the molecule is Cc1ccc(Oc2ccnc(Nc3cccc(CCC(=N)N)c3)c2)c(-c2ncccc2C)n1. The van der Waals surface area contributed by atoms with Crippen LogP contribution in [0.2, 0.25) is 0 Å². The second-order valence-corrected chi connectivity index (χ2v) is 7.80. The fraction of sp³-hybridized carbons (Fsp3) is 0.154. The van der Waals surface area contributed by atoms with E-state index in [-0.39, 0.29) is 5.84 Å². The van der Waals surface area contributed by atoms with E-state index in [4.69, 9.17) is 15.9 Å². The molecule has 0 fully saturated rings. The molecule has 7 nitrogen and oxygen atoms in total. The van der Waals surface area contributed by atoms with E-state index >= 15 is 0 Å². The van der Waals surface area contributed by atoms with Crippen molar-refractivity contribution in [1.82, 2.24) is 15.0 Å². The number of benzene rings is 1. The summed E-state index contributed by atoms with van der Waals surface area (Å²) in [6, 6.07) is 19.4. The normalized spacial score (nSPS) is 10.6. The molecule has 0 saturated carbocycles. The lowest BCUT2D eigenvalue weighted by molar-refractivity contribution is 0.481. The molecule has 0 amide bonds. The van der Waals surface area contributed by atoms with Gasteiger partial charge in [0.15, 0.2) is 5.75 Å². The van der Waals surface area contributed by atoms with Crippen LogP contribution in [0.3, 0.4) is 0 Å². The molecule has 3 heterocycles. The van der Waals surface area contributed by atoms with E-state index in [2.05, 4.69) is 20.3 Å². The number of nitrogens with two attached hydrogens (primary N) is 1. The van der Waals surface area contributed by atoms with Crippen molar-refractivity contribution in [3.8, 4) is 22.9 Å². The minimum absolute atomic E-state index is 0.186. The van der Waals surface area contributed by atoms with Crippen molar-refractivity contribution in [3.05, 3.63) is 89.9 Å². The Hall–Kier alpha value is -4.26. The maximum absolute atomic E-state index is 7.42. The van der Waals surface area contributed by atoms with Crippen LogP contribution in [0.25, 0.3) is 11.4 Å². The number of rotatable bonds is 8. The lowest BCUT2D eigenvalue weighted by atomic mass is 10.1. The molecule has 0 bridgehead atoms. The quantitative estimate of drug-likeness (QED) is 0.245. The summed E-state index contributed by atoms with van der Waals surface area (Å²) < 4.78 is 6.22. The number of nitrogens with zero attached hydrogens (tertiary/aromatic N) is 3. The van der Waals surface area contributed by atoms with Gasteiger partial charge in [-0.2, -0.15) is 0 Å². The predicted molar refractivity (Wildman–Crippen MR) is 131 cm³/mol. The lowest BCUT2D eigenvalue weighted by Crippen LogP contribution is -2.10. The Morgan fingerprint density at radius 1 is 0.970 bits per heavy atom. The molecular formula is C26H26N6O. The maximum Gasteiger partial charge on any atom is 0.155 e. The summed E-state index contributed by atoms with van der Waals surface area (Å²) >= 11 is 0. The number of aryl methyl sites for hydroxylation is 3. The van der Waals surface area contributed by atoms with Crippen molar-refractivity contribution in [3.63, 3.8) is 0 Å². The van der Waals surface area contributed by atoms with Gasteiger partial charge in [-0.1, -0.05) is 18.2 Å². The largest absolute Gasteiger partial charge is 0.455 e. The van der Waals surface area contributed by atoms with Crippen LogP contribution >= 0.6 is 0 Å². The Bertz CT molecular complexity index is 1290. The highest BCUT2D eigenvalue weighted by molar-refractivity contribution is 5.77. The zero-order chi connectivity index (χ0) is 23.2. The molecule has 0 unspecified atom stereocenters. The average molecular weight is 439 g/mol. The van der Waals surface area contributed by atoms with E-state index in [1.807, 2.05) is 74.5 Å². The average Bonchev–Trinajstić information content (AvgIpc) is 2.80. The summed E-state index contributed by atoms with van der Waals surface area (Å²) in [6.45, 7) is 3.96. The van der Waals surface area contributed by atoms with E-state index in [9.17, 15) is 0 Å². The molecule has 4 aromatic rings. The fourth-order valence-electron chi connectivity index (χ4n) is 3.43. The number of nitrogens with one attached hydrogen (secondary N) is 2. The molecule has 3 aromatic heterocycles. The molecule has 4 rings (SSSR count). The van der Waals surface area contributed by atoms with Crippen molar-refractivity contribution < 1.29 is 4.74 Å². The van der Waals surface area contributed by atoms with Crippen LogP contribution in [0.4, 0.5) is 11.5 Å². The van der Waals surface area contributed by atoms with E-state index in [1.54, 1.807) is 12.4 Å². The van der Waals surface area contributed by atoms with E-state index < -0.39 is 0 Å². The van der Waals surface area contributed by atoms with Gasteiger partial charge in [0.1, 0.15) is 17.3 Å². The Labute approximate surface area is 193 Å². The Kier molecular flexibility index (Phi) is 6.59. The van der Waals surface area contributed by atoms with Gasteiger partial charge in [-0.3, -0.25) is 10.4 Å². The van der Waals surface area contributed by atoms with Crippen molar-refractivity contribution >= 4 is 17.3 Å². The third kappa shape index (κ3) is 5.71. The molecule has 7 heteroatoms. The summed E-state index contributed by atoms with van der Waals surface area (Å²) in [5.74, 6) is 2.11. The highest BCUT2D eigenvalue weighted by Crippen LogP contribution is 2.33. The highest BCUT2D eigenvalue weighted by Gasteiger charge is 2.13. The van der Waals surface area contributed by atoms with Gasteiger partial charge < -0.3 is 15.8 Å². The first-order valence-corrected chi connectivity index (χ1v) is 10.7. The fourth-order valence-corrected chi connectivity index (χ4v) is 3.43. The number of hydrogen-bond acceptors (Lipinski definition) is 6. The molecule has 0 aliphatic carbocycles. The monoisotopic (exact) mass is 438 g/mol. The van der Waals surface area contributed by atoms with Crippen molar-refractivity contribution in [1.29, 1.82) is 5.41 Å². The van der Waals surface area contributed by atoms with E-state index in [0.717, 1.165) is 34.6 Å². The molecule has 33 heavy (non-hydrogen) atoms. The number of pyridine rings is 3. The Morgan fingerprint density at radius 3 is 2.67 bits per heavy atom. The van der Waals surface area contributed by atoms with Gasteiger partial charge in [0, 0.05) is 36.3 Å². The molecular weight excluding hydrogens is 412 g/mol. The van der Waals surface area contributed by atoms with Crippen molar-refractivity contribution in [2.24, 2.45) is 5.73 Å². The van der Waals surface area contributed by atoms with Crippen molar-refractivity contribution in [2.75, 3.05) is 5.32 Å². The van der Waals surface area contributed by atoms with Gasteiger partial charge in [-0.25, -0.2) is 9.97 Å². The second-order valence-electron chi connectivity index (χ2n) is 7.80. The first-order valence-electron chi connectivity index (χ1n) is 10.7. The zero-order valence-corrected chi connectivity index (χ0v) is 18.7. The summed E-state index contributed by atoms with van der Waals surface area (Å²) in [7, 11) is 0. The molecule has 0 radical (unpaired) electrons. The smallest absolute Gasteiger partial charge is 0.155 e. The number of amidine groups is 1. The standard InChI is InChI=1S/C26H26N6O/c1-17-5-4-13-30-25(17)26-22(10-8-18(2)31-26)33-21-12-14-29-24(16-21)32-20-7-3-6-19(15-20)9-11-23(27)28/h3-8,10,12-16H,9,11H2,1-2H3,(H3,27,28)(H,29,32). The Morgan fingerprint density at radius 2 is 1.85 bits per heavy atom. The zero-order valence-electron chi connectivity index (χ0n) is 18.7. The summed E-state index contributed by atoms with van der Waals surface area (Å²) in [4.78, 5) is 13.6. The van der Waals surface area contributed by atoms with Crippen LogP contribution in [0.1, 0.15) is 23.2 Å². The van der Waals surface area contributed by atoms with Crippen LogP contribution in [-0.4, -0.2) is 20.8 Å². The molecule has 0 aliphatic heterocycles. The van der Waals surface area contributed by atoms with Crippen LogP contribution < -0.4 is 15.8 Å². The van der Waals surface area contributed by atoms with E-state index in [1.165, 1.54) is 0 Å². The summed E-state index contributed by atoms with van der Waals surface area (Å²) in [6.07, 6.45) is 4.71. The molecule has 0 spiro atoms. The molecule has 1 aromatic carbocycles. The van der Waals surface area contributed by atoms with Crippen LogP contribution in [0.15, 0.2) is 73.1 Å². The second kappa shape index (κ2) is 9.91. The molecule has 0 aliphatic rings. The van der Waals surface area contributed by atoms with Crippen LogP contribution in [0.5, 0.6) is 11.5 Å². The van der Waals surface area contributed by atoms with Gasteiger partial charge in [0.25, 0.3) is 0 Å². The molecule has 0 atom stereocenters. The highest BCUT2D eigenvalue weighted by atomic mass is 16.5. The van der Waals surface area contributed by atoms with Crippen LogP contribution in [0, 0.1) is 19.3 Å². The molecule has 0 saturated heterocycles.